The SMILES string of the molecule is CCN1CCN(C(=O)Cc2c(C)n[nH]c2C)C[C@@H](Cc2ccc(-c3cccnc3)cc2)C1=O. The van der Waals surface area contributed by atoms with Gasteiger partial charge in [0, 0.05) is 49.8 Å². The summed E-state index contributed by atoms with van der Waals surface area (Å²) in [6.45, 7) is 8.06. The first kappa shape index (κ1) is 22.7. The van der Waals surface area contributed by atoms with Crippen LogP contribution in [-0.4, -0.2) is 63.0 Å². The summed E-state index contributed by atoms with van der Waals surface area (Å²) in [7, 11) is 0. The van der Waals surface area contributed by atoms with Gasteiger partial charge in [-0.25, -0.2) is 0 Å². The number of carbonyl (C=O) groups excluding carboxylic acids is 2. The van der Waals surface area contributed by atoms with Crippen molar-refractivity contribution in [3.05, 3.63) is 71.3 Å². The molecule has 1 saturated heterocycles. The highest BCUT2D eigenvalue weighted by atomic mass is 16.2. The zero-order chi connectivity index (χ0) is 23.4. The summed E-state index contributed by atoms with van der Waals surface area (Å²) in [5.41, 5.74) is 5.97. The molecule has 2 amide bonds. The van der Waals surface area contributed by atoms with Gasteiger partial charge in [-0.3, -0.25) is 19.7 Å². The molecule has 1 N–H and O–H groups in total. The fraction of sp³-hybridized carbons (Fsp3) is 0.385. The molecule has 0 bridgehead atoms. The van der Waals surface area contributed by atoms with Gasteiger partial charge in [0.05, 0.1) is 18.0 Å². The molecule has 2 aromatic heterocycles. The number of hydrogen-bond donors (Lipinski definition) is 1. The van der Waals surface area contributed by atoms with Gasteiger partial charge in [0.1, 0.15) is 0 Å². The second kappa shape index (κ2) is 9.98. The predicted octanol–water partition coefficient (Wildman–Crippen LogP) is 3.18. The van der Waals surface area contributed by atoms with Gasteiger partial charge in [0.15, 0.2) is 0 Å². The Morgan fingerprint density at radius 1 is 1.12 bits per heavy atom. The molecule has 0 spiro atoms. The van der Waals surface area contributed by atoms with Crippen LogP contribution in [0.15, 0.2) is 48.8 Å². The number of aromatic amines is 1. The molecule has 0 aliphatic carbocycles. The van der Waals surface area contributed by atoms with Crippen LogP contribution in [0.3, 0.4) is 0 Å². The van der Waals surface area contributed by atoms with E-state index in [1.807, 2.05) is 48.9 Å². The molecule has 3 heterocycles. The van der Waals surface area contributed by atoms with Gasteiger partial charge < -0.3 is 9.80 Å². The smallest absolute Gasteiger partial charge is 0.227 e. The van der Waals surface area contributed by atoms with Gasteiger partial charge in [0.25, 0.3) is 0 Å². The first-order chi connectivity index (χ1) is 16.0. The van der Waals surface area contributed by atoms with E-state index in [9.17, 15) is 9.59 Å². The van der Waals surface area contributed by atoms with Crippen LogP contribution < -0.4 is 0 Å². The van der Waals surface area contributed by atoms with Gasteiger partial charge in [-0.1, -0.05) is 30.3 Å². The second-order valence-electron chi connectivity index (χ2n) is 8.69. The molecule has 1 aliphatic heterocycles. The van der Waals surface area contributed by atoms with Gasteiger partial charge in [-0.05, 0) is 49.9 Å². The van der Waals surface area contributed by atoms with E-state index in [2.05, 4.69) is 39.4 Å². The van der Waals surface area contributed by atoms with Crippen LogP contribution in [0, 0.1) is 19.8 Å². The van der Waals surface area contributed by atoms with Gasteiger partial charge in [0.2, 0.25) is 11.8 Å². The Hall–Kier alpha value is -3.48. The van der Waals surface area contributed by atoms with E-state index in [-0.39, 0.29) is 17.7 Å². The maximum Gasteiger partial charge on any atom is 0.227 e. The molecular weight excluding hydrogens is 414 g/mol. The summed E-state index contributed by atoms with van der Waals surface area (Å²) < 4.78 is 0. The third-order valence-corrected chi connectivity index (χ3v) is 6.52. The second-order valence-corrected chi connectivity index (χ2v) is 8.69. The quantitative estimate of drug-likeness (QED) is 0.632. The van der Waals surface area contributed by atoms with E-state index in [0.29, 0.717) is 39.0 Å². The van der Waals surface area contributed by atoms with Crippen molar-refractivity contribution in [3.8, 4) is 11.1 Å². The van der Waals surface area contributed by atoms with E-state index in [0.717, 1.165) is 33.6 Å². The van der Waals surface area contributed by atoms with Crippen LogP contribution in [-0.2, 0) is 22.4 Å². The number of aryl methyl sites for hydroxylation is 2. The standard InChI is InChI=1S/C26H31N5O2/c1-4-30-12-13-31(25(32)15-24-18(2)28-29-19(24)3)17-23(26(30)33)14-20-7-9-21(10-8-20)22-6-5-11-27-16-22/h5-11,16,23H,4,12-15,17H2,1-3H3,(H,28,29)/t23-/m1/s1. The largest absolute Gasteiger partial charge is 0.341 e. The first-order valence-electron chi connectivity index (χ1n) is 11.5. The van der Waals surface area contributed by atoms with Crippen LogP contribution in [0.25, 0.3) is 11.1 Å². The minimum absolute atomic E-state index is 0.0466. The highest BCUT2D eigenvalue weighted by Crippen LogP contribution is 2.22. The molecule has 0 radical (unpaired) electrons. The summed E-state index contributed by atoms with van der Waals surface area (Å²) in [6.07, 6.45) is 4.52. The summed E-state index contributed by atoms with van der Waals surface area (Å²) in [4.78, 5) is 34.3. The zero-order valence-electron chi connectivity index (χ0n) is 19.5. The number of carbonyl (C=O) groups is 2. The summed E-state index contributed by atoms with van der Waals surface area (Å²) in [6, 6.07) is 12.2. The first-order valence-corrected chi connectivity index (χ1v) is 11.5. The van der Waals surface area contributed by atoms with E-state index in [1.54, 1.807) is 6.20 Å². The average Bonchev–Trinajstić information content (AvgIpc) is 3.06. The number of nitrogens with zero attached hydrogens (tertiary/aromatic N) is 4. The molecule has 1 aromatic carbocycles. The Morgan fingerprint density at radius 3 is 2.55 bits per heavy atom. The number of benzene rings is 1. The summed E-state index contributed by atoms with van der Waals surface area (Å²) >= 11 is 0. The van der Waals surface area contributed by atoms with Crippen molar-refractivity contribution in [2.75, 3.05) is 26.2 Å². The molecule has 4 rings (SSSR count). The number of aromatic nitrogens is 3. The number of rotatable bonds is 6. The zero-order valence-corrected chi connectivity index (χ0v) is 19.5. The molecule has 1 atom stereocenters. The molecule has 3 aromatic rings. The predicted molar refractivity (Wildman–Crippen MR) is 127 cm³/mol. The Labute approximate surface area is 194 Å². The topological polar surface area (TPSA) is 82.2 Å². The number of likely N-dealkylation sites (N-methyl/N-ethyl adjacent to an activating group) is 1. The van der Waals surface area contributed by atoms with Crippen LogP contribution in [0.1, 0.15) is 29.4 Å². The van der Waals surface area contributed by atoms with Crippen LogP contribution in [0.4, 0.5) is 0 Å². The number of hydrogen-bond acceptors (Lipinski definition) is 4. The van der Waals surface area contributed by atoms with Crippen molar-refractivity contribution in [2.45, 2.75) is 33.6 Å². The molecule has 7 heteroatoms. The van der Waals surface area contributed by atoms with Crippen molar-refractivity contribution in [1.29, 1.82) is 0 Å². The maximum absolute atomic E-state index is 13.2. The monoisotopic (exact) mass is 445 g/mol. The minimum atomic E-state index is -0.257. The van der Waals surface area contributed by atoms with Crippen LogP contribution >= 0.6 is 0 Å². The molecule has 172 valence electrons. The van der Waals surface area contributed by atoms with E-state index < -0.39 is 0 Å². The third-order valence-electron chi connectivity index (χ3n) is 6.52. The van der Waals surface area contributed by atoms with Crippen molar-refractivity contribution < 1.29 is 9.59 Å². The van der Waals surface area contributed by atoms with Crippen molar-refractivity contribution >= 4 is 11.8 Å². The Morgan fingerprint density at radius 2 is 1.91 bits per heavy atom. The van der Waals surface area contributed by atoms with E-state index >= 15 is 0 Å². The third kappa shape index (κ3) is 5.13. The maximum atomic E-state index is 13.2. The lowest BCUT2D eigenvalue weighted by atomic mass is 9.95. The Kier molecular flexibility index (Phi) is 6.87. The molecule has 0 saturated carbocycles. The highest BCUT2D eigenvalue weighted by Gasteiger charge is 2.32. The number of pyridine rings is 1. The Balaban J connectivity index is 1.50. The molecule has 0 unspecified atom stereocenters. The van der Waals surface area contributed by atoms with Crippen molar-refractivity contribution in [2.24, 2.45) is 5.92 Å². The highest BCUT2D eigenvalue weighted by molar-refractivity contribution is 5.83. The number of amides is 2. The number of H-pyrrole nitrogens is 1. The molecule has 33 heavy (non-hydrogen) atoms. The summed E-state index contributed by atoms with van der Waals surface area (Å²) in [5.74, 6) is -0.0859. The van der Waals surface area contributed by atoms with Gasteiger partial charge in [-0.15, -0.1) is 0 Å². The summed E-state index contributed by atoms with van der Waals surface area (Å²) in [5, 5.41) is 7.16. The van der Waals surface area contributed by atoms with Crippen molar-refractivity contribution in [1.82, 2.24) is 25.0 Å². The normalized spacial score (nSPS) is 16.7. The minimum Gasteiger partial charge on any atom is -0.341 e. The fourth-order valence-corrected chi connectivity index (χ4v) is 4.49. The van der Waals surface area contributed by atoms with Gasteiger partial charge in [-0.2, -0.15) is 5.10 Å². The molecule has 7 nitrogen and oxygen atoms in total. The average molecular weight is 446 g/mol. The lowest BCUT2D eigenvalue weighted by Crippen LogP contribution is -2.38. The van der Waals surface area contributed by atoms with E-state index in [4.69, 9.17) is 0 Å². The van der Waals surface area contributed by atoms with Crippen molar-refractivity contribution in [3.63, 3.8) is 0 Å². The van der Waals surface area contributed by atoms with E-state index in [1.165, 1.54) is 0 Å². The lowest BCUT2D eigenvalue weighted by molar-refractivity contribution is -0.134. The fourth-order valence-electron chi connectivity index (χ4n) is 4.49. The van der Waals surface area contributed by atoms with Crippen LogP contribution in [0.5, 0.6) is 0 Å². The lowest BCUT2D eigenvalue weighted by Gasteiger charge is -2.24. The molecule has 1 aliphatic rings. The number of nitrogens with one attached hydrogen (secondary N) is 1. The molecule has 1 fully saturated rings. The molecular formula is C26H31N5O2. The Bertz CT molecular complexity index is 1090. The van der Waals surface area contributed by atoms with Gasteiger partial charge >= 0.3 is 0 Å². The van der Waals surface area contributed by atoms with Crippen LogP contribution in [0.2, 0.25) is 0 Å².